The van der Waals surface area contributed by atoms with E-state index in [1.165, 1.54) is 33.4 Å². The summed E-state index contributed by atoms with van der Waals surface area (Å²) in [4.78, 5) is 0. The van der Waals surface area contributed by atoms with Gasteiger partial charge in [0.15, 0.2) is 0 Å². The van der Waals surface area contributed by atoms with Gasteiger partial charge in [-0.1, -0.05) is 110 Å². The third-order valence-corrected chi connectivity index (χ3v) is 4.21. The minimum Gasteiger partial charge on any atom is -0.0991 e. The molecular formula is C26H26. The van der Waals surface area contributed by atoms with Gasteiger partial charge in [0, 0.05) is 0 Å². The Bertz CT molecular complexity index is 810. The van der Waals surface area contributed by atoms with Crippen molar-refractivity contribution in [3.8, 4) is 11.1 Å². The quantitative estimate of drug-likeness (QED) is 0.455. The van der Waals surface area contributed by atoms with Gasteiger partial charge < -0.3 is 0 Å². The lowest BCUT2D eigenvalue weighted by atomic mass is 9.89. The molecule has 0 radical (unpaired) electrons. The summed E-state index contributed by atoms with van der Waals surface area (Å²) in [5.41, 5.74) is 7.22. The zero-order valence-corrected chi connectivity index (χ0v) is 15.7. The number of allylic oxidation sites excluding steroid dienone is 10. The molecule has 0 aliphatic heterocycles. The molecule has 0 saturated heterocycles. The molecule has 0 aliphatic rings. The fourth-order valence-electron chi connectivity index (χ4n) is 2.97. The fraction of sp³-hybridized carbons (Fsp3) is 0.0769. The monoisotopic (exact) mass is 338 g/mol. The van der Waals surface area contributed by atoms with E-state index in [2.05, 4.69) is 99.8 Å². The Kier molecular flexibility index (Phi) is 7.39. The van der Waals surface area contributed by atoms with Gasteiger partial charge in [0.05, 0.1) is 0 Å². The average molecular weight is 338 g/mol. The highest BCUT2D eigenvalue weighted by atomic mass is 14.2. The van der Waals surface area contributed by atoms with Crippen molar-refractivity contribution in [1.29, 1.82) is 0 Å². The topological polar surface area (TPSA) is 0 Å². The molecule has 0 fully saturated rings. The van der Waals surface area contributed by atoms with Crippen molar-refractivity contribution in [2.75, 3.05) is 0 Å². The molecule has 0 heteroatoms. The minimum atomic E-state index is 1.18. The van der Waals surface area contributed by atoms with Gasteiger partial charge in [0.1, 0.15) is 0 Å². The highest BCUT2D eigenvalue weighted by molar-refractivity contribution is 5.91. The van der Waals surface area contributed by atoms with Crippen molar-refractivity contribution < 1.29 is 0 Å². The number of hydrogen-bond acceptors (Lipinski definition) is 0. The van der Waals surface area contributed by atoms with E-state index in [-0.39, 0.29) is 0 Å². The van der Waals surface area contributed by atoms with E-state index < -0.39 is 0 Å². The van der Waals surface area contributed by atoms with Crippen LogP contribution in [0, 0.1) is 0 Å². The molecule has 2 aromatic rings. The third kappa shape index (κ3) is 4.49. The van der Waals surface area contributed by atoms with Crippen molar-refractivity contribution in [1.82, 2.24) is 0 Å². The molecule has 2 rings (SSSR count). The summed E-state index contributed by atoms with van der Waals surface area (Å²) in [6.45, 7) is 11.7. The number of hydrogen-bond donors (Lipinski definition) is 0. The van der Waals surface area contributed by atoms with Crippen LogP contribution < -0.4 is 0 Å². The first kappa shape index (κ1) is 19.2. The predicted octanol–water partition coefficient (Wildman–Crippen LogP) is 7.64. The summed E-state index contributed by atoms with van der Waals surface area (Å²) >= 11 is 0. The van der Waals surface area contributed by atoms with Crippen LogP contribution in [0.1, 0.15) is 25.0 Å². The zero-order chi connectivity index (χ0) is 18.8. The SMILES string of the molecule is C=C/C=C\C(=C/C)c1ccccc1-c1ccccc1C(/C=C\C=C)=C/C. The summed E-state index contributed by atoms with van der Waals surface area (Å²) in [6, 6.07) is 17.1. The van der Waals surface area contributed by atoms with E-state index >= 15 is 0 Å². The minimum absolute atomic E-state index is 1.18. The summed E-state index contributed by atoms with van der Waals surface area (Å²) in [6.07, 6.45) is 16.0. The predicted molar refractivity (Wildman–Crippen MR) is 118 cm³/mol. The summed E-state index contributed by atoms with van der Waals surface area (Å²) < 4.78 is 0. The van der Waals surface area contributed by atoms with Crippen LogP contribution in [0.15, 0.2) is 110 Å². The molecule has 2 aromatic carbocycles. The zero-order valence-electron chi connectivity index (χ0n) is 15.7. The molecule has 0 unspecified atom stereocenters. The molecule has 0 atom stereocenters. The van der Waals surface area contributed by atoms with Gasteiger partial charge in [-0.25, -0.2) is 0 Å². The van der Waals surface area contributed by atoms with Gasteiger partial charge in [-0.15, -0.1) is 0 Å². The largest absolute Gasteiger partial charge is 0.0991 e. The summed E-state index contributed by atoms with van der Waals surface area (Å²) in [5.74, 6) is 0. The smallest absolute Gasteiger partial charge is 0.00993 e. The third-order valence-electron chi connectivity index (χ3n) is 4.21. The van der Waals surface area contributed by atoms with Gasteiger partial charge in [0.2, 0.25) is 0 Å². The Hall–Kier alpha value is -3.12. The van der Waals surface area contributed by atoms with E-state index in [1.807, 2.05) is 12.2 Å². The maximum absolute atomic E-state index is 3.78. The van der Waals surface area contributed by atoms with Crippen LogP contribution in [0.25, 0.3) is 22.3 Å². The summed E-state index contributed by atoms with van der Waals surface area (Å²) in [5, 5.41) is 0. The van der Waals surface area contributed by atoms with Crippen molar-refractivity contribution in [3.63, 3.8) is 0 Å². The molecule has 0 N–H and O–H groups in total. The lowest BCUT2D eigenvalue weighted by molar-refractivity contribution is 1.52. The highest BCUT2D eigenvalue weighted by Gasteiger charge is 2.12. The van der Waals surface area contributed by atoms with Crippen LogP contribution >= 0.6 is 0 Å². The Morgan fingerprint density at radius 2 is 1.04 bits per heavy atom. The average Bonchev–Trinajstić information content (AvgIpc) is 2.70. The van der Waals surface area contributed by atoms with E-state index in [0.29, 0.717) is 0 Å². The summed E-state index contributed by atoms with van der Waals surface area (Å²) in [7, 11) is 0. The molecule has 0 nitrogen and oxygen atoms in total. The molecule has 0 saturated carbocycles. The second-order valence-corrected chi connectivity index (χ2v) is 5.77. The molecule has 26 heavy (non-hydrogen) atoms. The number of rotatable bonds is 7. The van der Waals surface area contributed by atoms with E-state index in [4.69, 9.17) is 0 Å². The normalized spacial score (nSPS) is 12.7. The first-order valence-electron chi connectivity index (χ1n) is 8.86. The van der Waals surface area contributed by atoms with Crippen molar-refractivity contribution in [2.45, 2.75) is 13.8 Å². The van der Waals surface area contributed by atoms with Gasteiger partial charge in [-0.3, -0.25) is 0 Å². The highest BCUT2D eigenvalue weighted by Crippen LogP contribution is 2.35. The van der Waals surface area contributed by atoms with E-state index in [9.17, 15) is 0 Å². The first-order valence-corrected chi connectivity index (χ1v) is 8.86. The van der Waals surface area contributed by atoms with E-state index in [0.717, 1.165) is 0 Å². The molecule has 0 heterocycles. The Morgan fingerprint density at radius 1 is 0.654 bits per heavy atom. The van der Waals surface area contributed by atoms with Gasteiger partial charge in [-0.05, 0) is 47.2 Å². The van der Waals surface area contributed by atoms with Crippen molar-refractivity contribution in [2.24, 2.45) is 0 Å². The second-order valence-electron chi connectivity index (χ2n) is 5.77. The van der Waals surface area contributed by atoms with Crippen LogP contribution in [0.2, 0.25) is 0 Å². The first-order chi connectivity index (χ1) is 12.8. The van der Waals surface area contributed by atoms with Gasteiger partial charge >= 0.3 is 0 Å². The molecule has 0 aromatic heterocycles. The molecule has 0 aliphatic carbocycles. The fourth-order valence-corrected chi connectivity index (χ4v) is 2.97. The van der Waals surface area contributed by atoms with Crippen LogP contribution in [0.4, 0.5) is 0 Å². The lowest BCUT2D eigenvalue weighted by Crippen LogP contribution is -1.92. The van der Waals surface area contributed by atoms with E-state index in [1.54, 1.807) is 12.2 Å². The molecule has 130 valence electrons. The van der Waals surface area contributed by atoms with Crippen LogP contribution in [0.3, 0.4) is 0 Å². The lowest BCUT2D eigenvalue weighted by Gasteiger charge is -2.15. The van der Waals surface area contributed by atoms with Crippen LogP contribution in [-0.2, 0) is 0 Å². The second kappa shape index (κ2) is 10.0. The molecule has 0 amide bonds. The van der Waals surface area contributed by atoms with Crippen LogP contribution in [0.5, 0.6) is 0 Å². The molecule has 0 spiro atoms. The molecule has 0 bridgehead atoms. The Balaban J connectivity index is 2.68. The Labute approximate surface area is 157 Å². The number of benzene rings is 2. The Morgan fingerprint density at radius 3 is 1.38 bits per heavy atom. The van der Waals surface area contributed by atoms with Gasteiger partial charge in [-0.2, -0.15) is 0 Å². The van der Waals surface area contributed by atoms with Crippen molar-refractivity contribution >= 4 is 11.1 Å². The van der Waals surface area contributed by atoms with Crippen molar-refractivity contribution in [3.05, 3.63) is 121 Å². The standard InChI is InChI=1S/C26H26/c1-5-9-15-21(7-3)23-17-11-13-19-25(23)26-20-14-12-18-24(26)22(8-4)16-10-6-2/h5-20H,1-2H2,3-4H3/b15-9-,16-10-,21-7+,22-8+. The van der Waals surface area contributed by atoms with Crippen LogP contribution in [-0.4, -0.2) is 0 Å². The maximum atomic E-state index is 3.78. The molecular weight excluding hydrogens is 312 g/mol. The maximum Gasteiger partial charge on any atom is -0.00993 e. The van der Waals surface area contributed by atoms with Gasteiger partial charge in [0.25, 0.3) is 0 Å².